The first-order chi connectivity index (χ1) is 12.1. The normalized spacial score (nSPS) is 16.3. The van der Waals surface area contributed by atoms with Crippen molar-refractivity contribution in [3.63, 3.8) is 0 Å². The molecule has 3 N–H and O–H groups in total. The van der Waals surface area contributed by atoms with E-state index < -0.39 is 5.69 Å². The van der Waals surface area contributed by atoms with E-state index in [9.17, 15) is 9.59 Å². The number of aromatic nitrogens is 2. The molecule has 3 heterocycles. The van der Waals surface area contributed by atoms with Gasteiger partial charge in [0.25, 0.3) is 5.56 Å². The average molecular weight is 339 g/mol. The van der Waals surface area contributed by atoms with Crippen LogP contribution >= 0.6 is 0 Å². The summed E-state index contributed by atoms with van der Waals surface area (Å²) in [4.78, 5) is 28.3. The van der Waals surface area contributed by atoms with Crippen LogP contribution in [0.25, 0.3) is 5.69 Å². The van der Waals surface area contributed by atoms with E-state index in [4.69, 9.17) is 4.42 Å². The Hall–Kier alpha value is -3.06. The van der Waals surface area contributed by atoms with Crippen LogP contribution in [0, 0.1) is 6.92 Å². The lowest BCUT2D eigenvalue weighted by Crippen LogP contribution is -3.11. The molecule has 1 atom stereocenters. The minimum absolute atomic E-state index is 0.340. The van der Waals surface area contributed by atoms with Gasteiger partial charge in [0.05, 0.1) is 12.0 Å². The third-order valence-corrected chi connectivity index (χ3v) is 4.40. The molecule has 2 aromatic heterocycles. The largest absolute Gasteiger partial charge is 0.463 e. The Kier molecular flexibility index (Phi) is 3.77. The second-order valence-electron chi connectivity index (χ2n) is 6.30. The smallest absolute Gasteiger partial charge is 0.334 e. The Bertz CT molecular complexity index is 1020. The SMILES string of the molecule is Cc1cccc(-n2c3c(c(=O)[nH]c2=O)C[NH+](Cc2ccco2)CN3)c1. The van der Waals surface area contributed by atoms with E-state index in [0.29, 0.717) is 31.1 Å². The number of fused-ring (bicyclic) bond motifs is 1. The molecule has 1 unspecified atom stereocenters. The van der Waals surface area contributed by atoms with Gasteiger partial charge in [0.1, 0.15) is 24.5 Å². The van der Waals surface area contributed by atoms with Crippen LogP contribution in [0.5, 0.6) is 0 Å². The number of rotatable bonds is 3. The minimum Gasteiger partial charge on any atom is -0.463 e. The number of hydrogen-bond acceptors (Lipinski definition) is 4. The molecular formula is C18H19N4O3+. The first kappa shape index (κ1) is 15.5. The van der Waals surface area contributed by atoms with Crippen LogP contribution < -0.4 is 21.5 Å². The van der Waals surface area contributed by atoms with E-state index in [0.717, 1.165) is 21.9 Å². The first-order valence-electron chi connectivity index (χ1n) is 8.17. The zero-order chi connectivity index (χ0) is 17.4. The van der Waals surface area contributed by atoms with Gasteiger partial charge in [-0.3, -0.25) is 9.78 Å². The van der Waals surface area contributed by atoms with E-state index in [1.54, 1.807) is 6.26 Å². The highest BCUT2D eigenvalue weighted by Crippen LogP contribution is 2.17. The van der Waals surface area contributed by atoms with Crippen molar-refractivity contribution in [1.29, 1.82) is 0 Å². The van der Waals surface area contributed by atoms with Gasteiger partial charge in [-0.05, 0) is 36.8 Å². The van der Waals surface area contributed by atoms with Crippen LogP contribution in [-0.4, -0.2) is 16.2 Å². The predicted molar refractivity (Wildman–Crippen MR) is 93.0 cm³/mol. The Morgan fingerprint density at radius 1 is 1.24 bits per heavy atom. The van der Waals surface area contributed by atoms with Gasteiger partial charge in [-0.15, -0.1) is 0 Å². The van der Waals surface area contributed by atoms with Gasteiger partial charge in [-0.1, -0.05) is 12.1 Å². The van der Waals surface area contributed by atoms with Crippen molar-refractivity contribution in [1.82, 2.24) is 9.55 Å². The molecule has 3 aromatic rings. The van der Waals surface area contributed by atoms with Crippen LogP contribution in [0.1, 0.15) is 16.9 Å². The zero-order valence-electron chi connectivity index (χ0n) is 13.8. The Labute approximate surface area is 143 Å². The summed E-state index contributed by atoms with van der Waals surface area (Å²) in [6.45, 7) is 3.75. The van der Waals surface area contributed by atoms with Gasteiger partial charge in [-0.2, -0.15) is 0 Å². The van der Waals surface area contributed by atoms with E-state index in [-0.39, 0.29) is 5.56 Å². The summed E-state index contributed by atoms with van der Waals surface area (Å²) in [7, 11) is 0. The fourth-order valence-electron chi connectivity index (χ4n) is 3.24. The van der Waals surface area contributed by atoms with E-state index in [1.165, 1.54) is 4.57 Å². The molecule has 1 aliphatic rings. The van der Waals surface area contributed by atoms with Gasteiger partial charge in [0.2, 0.25) is 0 Å². The molecule has 0 spiro atoms. The van der Waals surface area contributed by atoms with Crippen molar-refractivity contribution < 1.29 is 9.32 Å². The zero-order valence-corrected chi connectivity index (χ0v) is 13.8. The van der Waals surface area contributed by atoms with Gasteiger partial charge in [-0.25, -0.2) is 9.36 Å². The summed E-state index contributed by atoms with van der Waals surface area (Å²) in [5.74, 6) is 1.44. The monoisotopic (exact) mass is 339 g/mol. The summed E-state index contributed by atoms with van der Waals surface area (Å²) < 4.78 is 6.93. The van der Waals surface area contributed by atoms with Crippen molar-refractivity contribution in [3.05, 3.63) is 80.4 Å². The fraction of sp³-hybridized carbons (Fsp3) is 0.222. The maximum atomic E-state index is 12.4. The van der Waals surface area contributed by atoms with E-state index in [1.807, 2.05) is 43.3 Å². The Balaban J connectivity index is 1.75. The van der Waals surface area contributed by atoms with Gasteiger partial charge in [0, 0.05) is 0 Å². The van der Waals surface area contributed by atoms with Crippen LogP contribution in [0.15, 0.2) is 56.7 Å². The first-order valence-corrected chi connectivity index (χ1v) is 8.17. The number of quaternary nitrogens is 1. The summed E-state index contributed by atoms with van der Waals surface area (Å²) in [6.07, 6.45) is 1.64. The molecule has 0 aliphatic carbocycles. The summed E-state index contributed by atoms with van der Waals surface area (Å²) in [5, 5.41) is 3.26. The second kappa shape index (κ2) is 6.10. The highest BCUT2D eigenvalue weighted by Gasteiger charge is 2.26. The Morgan fingerprint density at radius 3 is 2.88 bits per heavy atom. The van der Waals surface area contributed by atoms with Crippen molar-refractivity contribution in [2.75, 3.05) is 12.0 Å². The lowest BCUT2D eigenvalue weighted by molar-refractivity contribution is -0.926. The molecule has 1 aliphatic heterocycles. The maximum Gasteiger partial charge on any atom is 0.334 e. The number of hydrogen-bond donors (Lipinski definition) is 3. The number of aryl methyl sites for hydroxylation is 1. The quantitative estimate of drug-likeness (QED) is 0.645. The van der Waals surface area contributed by atoms with Crippen molar-refractivity contribution in [2.45, 2.75) is 20.0 Å². The predicted octanol–water partition coefficient (Wildman–Crippen LogP) is 0.395. The van der Waals surface area contributed by atoms with Crippen molar-refractivity contribution in [3.8, 4) is 5.69 Å². The van der Waals surface area contributed by atoms with E-state index in [2.05, 4.69) is 10.3 Å². The summed E-state index contributed by atoms with van der Waals surface area (Å²) in [5.41, 5.74) is 1.59. The number of anilines is 1. The fourth-order valence-corrected chi connectivity index (χ4v) is 3.24. The van der Waals surface area contributed by atoms with Gasteiger partial charge < -0.3 is 14.6 Å². The standard InChI is InChI=1S/C18H18N4O3/c1-12-4-2-5-13(8-12)22-16-15(17(23)20-18(22)24)10-21(11-19-16)9-14-6-3-7-25-14/h2-8,19H,9-11H2,1H3,(H,20,23,24)/p+1. The number of nitrogens with one attached hydrogen (secondary N) is 3. The average Bonchev–Trinajstić information content (AvgIpc) is 3.08. The summed E-state index contributed by atoms with van der Waals surface area (Å²) in [6, 6.07) is 11.4. The third kappa shape index (κ3) is 2.89. The third-order valence-electron chi connectivity index (χ3n) is 4.40. The van der Waals surface area contributed by atoms with Crippen LogP contribution in [-0.2, 0) is 13.1 Å². The Morgan fingerprint density at radius 2 is 2.12 bits per heavy atom. The number of H-pyrrole nitrogens is 1. The minimum atomic E-state index is -0.434. The maximum absolute atomic E-state index is 12.4. The molecule has 128 valence electrons. The molecule has 25 heavy (non-hydrogen) atoms. The number of furan rings is 1. The molecule has 0 bridgehead atoms. The highest BCUT2D eigenvalue weighted by molar-refractivity contribution is 5.51. The van der Waals surface area contributed by atoms with Gasteiger partial charge >= 0.3 is 5.69 Å². The molecule has 1 aromatic carbocycles. The second-order valence-corrected chi connectivity index (χ2v) is 6.30. The molecule has 0 saturated carbocycles. The number of aromatic amines is 1. The molecular weight excluding hydrogens is 320 g/mol. The van der Waals surface area contributed by atoms with Crippen molar-refractivity contribution >= 4 is 5.82 Å². The molecule has 7 heteroatoms. The molecule has 7 nitrogen and oxygen atoms in total. The highest BCUT2D eigenvalue weighted by atomic mass is 16.3. The summed E-state index contributed by atoms with van der Waals surface area (Å²) >= 11 is 0. The lowest BCUT2D eigenvalue weighted by atomic mass is 10.2. The van der Waals surface area contributed by atoms with Crippen LogP contribution in [0.3, 0.4) is 0 Å². The molecule has 0 amide bonds. The van der Waals surface area contributed by atoms with E-state index >= 15 is 0 Å². The van der Waals surface area contributed by atoms with Crippen LogP contribution in [0.2, 0.25) is 0 Å². The molecule has 4 rings (SSSR count). The van der Waals surface area contributed by atoms with Crippen molar-refractivity contribution in [2.24, 2.45) is 0 Å². The molecule has 0 saturated heterocycles. The topological polar surface area (TPSA) is 84.5 Å². The van der Waals surface area contributed by atoms with Gasteiger partial charge in [0.15, 0.2) is 12.4 Å². The van der Waals surface area contributed by atoms with Crippen LogP contribution in [0.4, 0.5) is 5.82 Å². The number of nitrogens with zero attached hydrogens (tertiary/aromatic N) is 1. The lowest BCUT2D eigenvalue weighted by Gasteiger charge is -2.27. The molecule has 0 fully saturated rings. The molecule has 0 radical (unpaired) electrons. The number of benzene rings is 1.